The van der Waals surface area contributed by atoms with Crippen molar-refractivity contribution in [3.63, 3.8) is 0 Å². The van der Waals surface area contributed by atoms with Crippen LogP contribution in [0.15, 0.2) is 40.9 Å². The van der Waals surface area contributed by atoms with Gasteiger partial charge in [-0.05, 0) is 37.3 Å². The van der Waals surface area contributed by atoms with Crippen LogP contribution < -0.4 is 11.2 Å². The van der Waals surface area contributed by atoms with Crippen LogP contribution in [0.5, 0.6) is 0 Å². The highest BCUT2D eigenvalue weighted by Gasteiger charge is 2.21. The van der Waals surface area contributed by atoms with E-state index in [2.05, 4.69) is 31.3 Å². The molecule has 3 N–H and O–H groups in total. The van der Waals surface area contributed by atoms with E-state index < -0.39 is 5.82 Å². The summed E-state index contributed by atoms with van der Waals surface area (Å²) < 4.78 is 16.5. The van der Waals surface area contributed by atoms with E-state index in [1.54, 1.807) is 48.7 Å². The molecule has 1 amide bonds. The lowest BCUT2D eigenvalue weighted by molar-refractivity contribution is 0.0662. The van der Waals surface area contributed by atoms with Gasteiger partial charge in [0.1, 0.15) is 17.2 Å². The molecule has 0 aliphatic carbocycles. The molecule has 0 unspecified atom stereocenters. The second-order valence-electron chi connectivity index (χ2n) is 7.31. The number of aryl methyl sites for hydroxylation is 1. The third-order valence-electron chi connectivity index (χ3n) is 5.17. The molecule has 0 aliphatic rings. The smallest absolute Gasteiger partial charge is 0.268 e. The van der Waals surface area contributed by atoms with E-state index in [4.69, 9.17) is 5.73 Å². The van der Waals surface area contributed by atoms with Crippen molar-refractivity contribution in [2.45, 2.75) is 20.4 Å². The van der Waals surface area contributed by atoms with Gasteiger partial charge in [0.15, 0.2) is 11.6 Å². The zero-order chi connectivity index (χ0) is 23.2. The summed E-state index contributed by atoms with van der Waals surface area (Å²) in [5, 5.41) is 1.31. The number of anilines is 1. The Morgan fingerprint density at radius 3 is 2.62 bits per heavy atom. The minimum absolute atomic E-state index is 0.0186. The molecule has 2 heterocycles. The molecule has 0 fully saturated rings. The van der Waals surface area contributed by atoms with Crippen LogP contribution in [0.3, 0.4) is 0 Å². The second-order valence-corrected chi connectivity index (χ2v) is 8.23. The van der Waals surface area contributed by atoms with Crippen molar-refractivity contribution in [3.8, 4) is 0 Å². The maximum absolute atomic E-state index is 14.3. The van der Waals surface area contributed by atoms with Crippen molar-refractivity contribution in [2.24, 2.45) is 0 Å². The number of nitrogens with two attached hydrogens (primary N) is 1. The number of hydrogen-bond donors (Lipinski definition) is 2. The van der Waals surface area contributed by atoms with Crippen LogP contribution in [0.1, 0.15) is 39.2 Å². The van der Waals surface area contributed by atoms with Gasteiger partial charge in [-0.25, -0.2) is 19.8 Å². The number of hydrazine groups is 1. The highest BCUT2D eigenvalue weighted by Crippen LogP contribution is 2.26. The molecule has 2 aromatic carbocycles. The van der Waals surface area contributed by atoms with Gasteiger partial charge in [0, 0.05) is 29.6 Å². The molecular formula is C22H20BrFN6O2. The minimum atomic E-state index is -0.424. The summed E-state index contributed by atoms with van der Waals surface area (Å²) in [5.41, 5.74) is 11.7. The number of Topliss-reactive ketones (excluding diaryl/α,β-unsaturated/α-hetero) is 1. The van der Waals surface area contributed by atoms with Crippen molar-refractivity contribution in [3.05, 3.63) is 69.3 Å². The molecule has 0 spiro atoms. The molecular weight excluding hydrogens is 479 g/mol. The monoisotopic (exact) mass is 498 g/mol. The number of benzene rings is 2. The lowest BCUT2D eigenvalue weighted by Gasteiger charge is -2.22. The average Bonchev–Trinajstić information content (AvgIpc) is 3.11. The van der Waals surface area contributed by atoms with E-state index in [9.17, 15) is 14.0 Å². The first-order chi connectivity index (χ1) is 15.2. The number of nitrogens with zero attached hydrogens (tertiary/aromatic N) is 4. The summed E-state index contributed by atoms with van der Waals surface area (Å²) in [6.07, 6.45) is 0. The van der Waals surface area contributed by atoms with Crippen molar-refractivity contribution in [2.75, 3.05) is 12.8 Å². The van der Waals surface area contributed by atoms with Gasteiger partial charge in [0.05, 0.1) is 23.3 Å². The third-order valence-corrected chi connectivity index (χ3v) is 5.67. The van der Waals surface area contributed by atoms with Gasteiger partial charge >= 0.3 is 0 Å². The Kier molecular flexibility index (Phi) is 5.66. The number of imidazole rings is 1. The quantitative estimate of drug-likeness (QED) is 0.321. The van der Waals surface area contributed by atoms with Gasteiger partial charge in [0.25, 0.3) is 5.91 Å². The Balaban J connectivity index is 1.81. The first kappa shape index (κ1) is 21.8. The average molecular weight is 499 g/mol. The topological polar surface area (TPSA) is 106 Å². The molecule has 0 bridgehead atoms. The minimum Gasteiger partial charge on any atom is -0.382 e. The number of hydrogen-bond acceptors (Lipinski definition) is 6. The normalized spacial score (nSPS) is 11.3. The second kappa shape index (κ2) is 8.29. The number of nitrogen functional groups attached to an aromatic ring is 1. The number of ketones is 1. The number of nitrogens with one attached hydrogen (secondary N) is 1. The van der Waals surface area contributed by atoms with E-state index in [0.29, 0.717) is 37.8 Å². The van der Waals surface area contributed by atoms with Crippen LogP contribution in [-0.2, 0) is 6.54 Å². The highest BCUT2D eigenvalue weighted by molar-refractivity contribution is 9.10. The van der Waals surface area contributed by atoms with E-state index >= 15 is 0 Å². The van der Waals surface area contributed by atoms with Crippen LogP contribution in [0.4, 0.5) is 10.2 Å². The van der Waals surface area contributed by atoms with Gasteiger partial charge in [0.2, 0.25) is 0 Å². The van der Waals surface area contributed by atoms with Gasteiger partial charge in [-0.2, -0.15) is 0 Å². The fraction of sp³-hybridized carbons (Fsp3) is 0.182. The van der Waals surface area contributed by atoms with Crippen molar-refractivity contribution in [1.82, 2.24) is 24.8 Å². The number of carbonyl (C=O) groups is 2. The maximum atomic E-state index is 14.3. The Bertz CT molecular complexity index is 1400. The summed E-state index contributed by atoms with van der Waals surface area (Å²) in [4.78, 5) is 34.2. The zero-order valence-electron chi connectivity index (χ0n) is 17.6. The molecule has 164 valence electrons. The number of aromatic nitrogens is 3. The fourth-order valence-electron chi connectivity index (χ4n) is 3.64. The maximum Gasteiger partial charge on any atom is 0.268 e. The summed E-state index contributed by atoms with van der Waals surface area (Å²) in [5.74, 6) is -0.574. The molecule has 0 aliphatic heterocycles. The van der Waals surface area contributed by atoms with E-state index in [0.717, 1.165) is 0 Å². The molecule has 10 heteroatoms. The summed E-state index contributed by atoms with van der Waals surface area (Å²) in [7, 11) is 1.59. The first-order valence-electron chi connectivity index (χ1n) is 9.73. The Morgan fingerprint density at radius 2 is 1.97 bits per heavy atom. The van der Waals surface area contributed by atoms with Crippen LogP contribution in [-0.4, -0.2) is 38.1 Å². The molecule has 8 nitrogen and oxygen atoms in total. The summed E-state index contributed by atoms with van der Waals surface area (Å²) >= 11 is 3.23. The van der Waals surface area contributed by atoms with Crippen LogP contribution in [0.2, 0.25) is 0 Å². The Morgan fingerprint density at radius 1 is 1.22 bits per heavy atom. The lowest BCUT2D eigenvalue weighted by Crippen LogP contribution is -2.40. The van der Waals surface area contributed by atoms with Crippen molar-refractivity contribution in [1.29, 1.82) is 0 Å². The third kappa shape index (κ3) is 3.71. The standard InChI is InChI=1S/C22H20BrFN6O2/c1-11-19-20(25)28-17-7-5-13(8-18(17)30(19)21(27-11)12(2)31)22(32)29(26-3)10-14-4-6-15(23)9-16(14)24/h4-9,26H,10H2,1-3H3,(H2,25,28). The zero-order valence-corrected chi connectivity index (χ0v) is 19.2. The van der Waals surface area contributed by atoms with Gasteiger partial charge < -0.3 is 5.73 Å². The molecule has 4 rings (SSSR count). The van der Waals surface area contributed by atoms with Gasteiger partial charge in [-0.1, -0.05) is 22.0 Å². The van der Waals surface area contributed by atoms with Crippen molar-refractivity contribution < 1.29 is 14.0 Å². The Labute approximate surface area is 191 Å². The SMILES string of the molecule is CNN(Cc1ccc(Br)cc1F)C(=O)c1ccc2nc(N)c3c(C)nc(C(C)=O)n3c2c1. The molecule has 0 atom stereocenters. The number of halogens is 2. The molecule has 4 aromatic rings. The number of carbonyl (C=O) groups excluding carboxylic acids is 2. The predicted molar refractivity (Wildman–Crippen MR) is 123 cm³/mol. The highest BCUT2D eigenvalue weighted by atomic mass is 79.9. The van der Waals surface area contributed by atoms with Gasteiger partial charge in [-0.15, -0.1) is 0 Å². The largest absolute Gasteiger partial charge is 0.382 e. The van der Waals surface area contributed by atoms with Crippen LogP contribution in [0.25, 0.3) is 16.6 Å². The molecule has 32 heavy (non-hydrogen) atoms. The molecule has 0 saturated heterocycles. The van der Waals surface area contributed by atoms with Crippen LogP contribution >= 0.6 is 15.9 Å². The molecule has 2 aromatic heterocycles. The van der Waals surface area contributed by atoms with E-state index in [1.165, 1.54) is 18.0 Å². The van der Waals surface area contributed by atoms with E-state index in [1.807, 2.05) is 0 Å². The molecule has 0 saturated carbocycles. The van der Waals surface area contributed by atoms with Gasteiger partial charge in [-0.3, -0.25) is 19.0 Å². The molecule has 0 radical (unpaired) electrons. The summed E-state index contributed by atoms with van der Waals surface area (Å²) in [6, 6.07) is 9.58. The lowest BCUT2D eigenvalue weighted by atomic mass is 10.1. The fourth-order valence-corrected chi connectivity index (χ4v) is 3.97. The van der Waals surface area contributed by atoms with E-state index in [-0.39, 0.29) is 29.9 Å². The predicted octanol–water partition coefficient (Wildman–Crippen LogP) is 3.65. The van der Waals surface area contributed by atoms with Crippen molar-refractivity contribution >= 4 is 50.0 Å². The van der Waals surface area contributed by atoms with Crippen LogP contribution in [0, 0.1) is 12.7 Å². The first-order valence-corrected chi connectivity index (χ1v) is 10.5. The number of rotatable bonds is 5. The summed E-state index contributed by atoms with van der Waals surface area (Å²) in [6.45, 7) is 3.18. The Hall–Kier alpha value is -3.37. The number of amides is 1. The number of fused-ring (bicyclic) bond motifs is 3.